The van der Waals surface area contributed by atoms with E-state index in [0.29, 0.717) is 36.6 Å². The second-order valence-electron chi connectivity index (χ2n) is 5.44. The molecule has 21 heavy (non-hydrogen) atoms. The van der Waals surface area contributed by atoms with Gasteiger partial charge in [0.25, 0.3) is 0 Å². The summed E-state index contributed by atoms with van der Waals surface area (Å²) in [6.07, 6.45) is 1.76. The highest BCUT2D eigenvalue weighted by Gasteiger charge is 2.15. The Bertz CT molecular complexity index is 531. The van der Waals surface area contributed by atoms with Crippen molar-refractivity contribution in [3.8, 4) is 6.07 Å². The molecule has 1 aromatic rings. The highest BCUT2D eigenvalue weighted by molar-refractivity contribution is 5.69. The summed E-state index contributed by atoms with van der Waals surface area (Å²) < 4.78 is 5.11. The van der Waals surface area contributed by atoms with Crippen LogP contribution in [-0.4, -0.2) is 29.8 Å². The molecular formula is C14H21N5O2. The second kappa shape index (κ2) is 7.33. The lowest BCUT2D eigenvalue weighted by atomic mass is 10.2. The minimum absolute atomic E-state index is 0.333. The smallest absolute Gasteiger partial charge is 0.407 e. The summed E-state index contributed by atoms with van der Waals surface area (Å²) in [7, 11) is 0. The van der Waals surface area contributed by atoms with Crippen molar-refractivity contribution >= 4 is 17.6 Å². The highest BCUT2D eigenvalue weighted by atomic mass is 16.6. The number of anilines is 2. The van der Waals surface area contributed by atoms with E-state index in [1.54, 1.807) is 6.07 Å². The van der Waals surface area contributed by atoms with Crippen molar-refractivity contribution in [1.29, 1.82) is 5.26 Å². The number of nitrogens with zero attached hydrogens (tertiary/aromatic N) is 2. The van der Waals surface area contributed by atoms with Gasteiger partial charge < -0.3 is 21.1 Å². The number of rotatable bonds is 5. The van der Waals surface area contributed by atoms with Gasteiger partial charge in [0.15, 0.2) is 5.82 Å². The number of nitriles is 1. The number of nitrogen functional groups attached to an aromatic ring is 1. The van der Waals surface area contributed by atoms with Crippen LogP contribution in [0.15, 0.2) is 12.3 Å². The van der Waals surface area contributed by atoms with Gasteiger partial charge in [0, 0.05) is 19.3 Å². The van der Waals surface area contributed by atoms with Crippen LogP contribution in [0, 0.1) is 11.3 Å². The third kappa shape index (κ3) is 5.99. The predicted molar refractivity (Wildman–Crippen MR) is 80.7 cm³/mol. The SMILES string of the molecule is CC(C)(C)OC(=O)NCCCNc1nccc(C#N)c1N. The van der Waals surface area contributed by atoms with E-state index in [9.17, 15) is 4.79 Å². The van der Waals surface area contributed by atoms with Crippen molar-refractivity contribution in [2.45, 2.75) is 32.8 Å². The van der Waals surface area contributed by atoms with Crippen molar-refractivity contribution in [2.24, 2.45) is 0 Å². The molecule has 7 nitrogen and oxygen atoms in total. The number of ether oxygens (including phenoxy) is 1. The van der Waals surface area contributed by atoms with E-state index in [1.807, 2.05) is 26.8 Å². The van der Waals surface area contributed by atoms with Crippen molar-refractivity contribution in [2.75, 3.05) is 24.1 Å². The number of nitrogens with two attached hydrogens (primary N) is 1. The van der Waals surface area contributed by atoms with Crippen LogP contribution in [-0.2, 0) is 4.74 Å². The molecule has 0 atom stereocenters. The molecule has 1 rings (SSSR count). The number of hydrogen-bond donors (Lipinski definition) is 3. The van der Waals surface area contributed by atoms with Crippen LogP contribution >= 0.6 is 0 Å². The van der Waals surface area contributed by atoms with Crippen molar-refractivity contribution in [1.82, 2.24) is 10.3 Å². The maximum atomic E-state index is 11.4. The van der Waals surface area contributed by atoms with E-state index >= 15 is 0 Å². The molecule has 0 aliphatic rings. The Kier molecular flexibility index (Phi) is 5.79. The van der Waals surface area contributed by atoms with Gasteiger partial charge in [0.2, 0.25) is 0 Å². The first-order valence-corrected chi connectivity index (χ1v) is 6.69. The molecule has 0 saturated heterocycles. The number of pyridine rings is 1. The highest BCUT2D eigenvalue weighted by Crippen LogP contribution is 2.18. The second-order valence-corrected chi connectivity index (χ2v) is 5.44. The van der Waals surface area contributed by atoms with Gasteiger partial charge >= 0.3 is 6.09 Å². The van der Waals surface area contributed by atoms with Gasteiger partial charge in [0.1, 0.15) is 11.7 Å². The van der Waals surface area contributed by atoms with Crippen LogP contribution in [0.25, 0.3) is 0 Å². The Balaban J connectivity index is 2.30. The van der Waals surface area contributed by atoms with E-state index in [0.717, 1.165) is 0 Å². The Labute approximate surface area is 124 Å². The number of carbonyl (C=O) groups is 1. The number of nitrogens with one attached hydrogen (secondary N) is 2. The monoisotopic (exact) mass is 291 g/mol. The van der Waals surface area contributed by atoms with E-state index in [2.05, 4.69) is 15.6 Å². The van der Waals surface area contributed by atoms with E-state index < -0.39 is 11.7 Å². The zero-order valence-electron chi connectivity index (χ0n) is 12.6. The molecule has 1 amide bonds. The summed E-state index contributed by atoms with van der Waals surface area (Å²) in [5.74, 6) is 0.478. The summed E-state index contributed by atoms with van der Waals surface area (Å²) in [5.41, 5.74) is 6.01. The minimum atomic E-state index is -0.502. The maximum Gasteiger partial charge on any atom is 0.407 e. The van der Waals surface area contributed by atoms with Gasteiger partial charge in [-0.25, -0.2) is 9.78 Å². The van der Waals surface area contributed by atoms with Gasteiger partial charge in [-0.3, -0.25) is 0 Å². The fraction of sp³-hybridized carbons (Fsp3) is 0.500. The Hall–Kier alpha value is -2.49. The molecule has 0 aromatic carbocycles. The summed E-state index contributed by atoms with van der Waals surface area (Å²) in [6, 6.07) is 3.56. The van der Waals surface area contributed by atoms with Gasteiger partial charge in [-0.15, -0.1) is 0 Å². The summed E-state index contributed by atoms with van der Waals surface area (Å²) in [4.78, 5) is 15.5. The van der Waals surface area contributed by atoms with Crippen LogP contribution in [0.1, 0.15) is 32.8 Å². The lowest BCUT2D eigenvalue weighted by Gasteiger charge is -2.19. The Morgan fingerprint density at radius 3 is 2.81 bits per heavy atom. The predicted octanol–water partition coefficient (Wildman–Crippen LogP) is 1.86. The van der Waals surface area contributed by atoms with Crippen LogP contribution in [0.3, 0.4) is 0 Å². The molecule has 0 fully saturated rings. The molecule has 1 aromatic heterocycles. The maximum absolute atomic E-state index is 11.4. The van der Waals surface area contributed by atoms with Gasteiger partial charge in [-0.1, -0.05) is 0 Å². The topological polar surface area (TPSA) is 113 Å². The van der Waals surface area contributed by atoms with Crippen LogP contribution in [0.5, 0.6) is 0 Å². The van der Waals surface area contributed by atoms with Crippen molar-refractivity contribution < 1.29 is 9.53 Å². The average molecular weight is 291 g/mol. The molecule has 4 N–H and O–H groups in total. The molecule has 7 heteroatoms. The normalized spacial score (nSPS) is 10.6. The number of carbonyl (C=O) groups excluding carboxylic acids is 1. The zero-order valence-corrected chi connectivity index (χ0v) is 12.6. The minimum Gasteiger partial charge on any atom is -0.444 e. The fourth-order valence-corrected chi connectivity index (χ4v) is 1.51. The largest absolute Gasteiger partial charge is 0.444 e. The molecule has 0 aliphatic heterocycles. The van der Waals surface area contributed by atoms with Crippen LogP contribution < -0.4 is 16.4 Å². The average Bonchev–Trinajstić information content (AvgIpc) is 2.38. The summed E-state index contributed by atoms with van der Waals surface area (Å²) in [6.45, 7) is 6.47. The fourth-order valence-electron chi connectivity index (χ4n) is 1.51. The lowest BCUT2D eigenvalue weighted by molar-refractivity contribution is 0.0528. The van der Waals surface area contributed by atoms with Crippen molar-refractivity contribution in [3.63, 3.8) is 0 Å². The van der Waals surface area contributed by atoms with Crippen molar-refractivity contribution in [3.05, 3.63) is 17.8 Å². The van der Waals surface area contributed by atoms with Gasteiger partial charge in [-0.05, 0) is 33.3 Å². The zero-order chi connectivity index (χ0) is 15.9. The summed E-state index contributed by atoms with van der Waals surface area (Å²) in [5, 5.41) is 14.5. The summed E-state index contributed by atoms with van der Waals surface area (Å²) >= 11 is 0. The number of aromatic nitrogens is 1. The Morgan fingerprint density at radius 1 is 1.48 bits per heavy atom. The van der Waals surface area contributed by atoms with E-state index in [-0.39, 0.29) is 0 Å². The lowest BCUT2D eigenvalue weighted by Crippen LogP contribution is -2.33. The molecule has 0 bridgehead atoms. The third-order valence-corrected chi connectivity index (χ3v) is 2.42. The van der Waals surface area contributed by atoms with E-state index in [4.69, 9.17) is 15.7 Å². The molecule has 114 valence electrons. The third-order valence-electron chi connectivity index (χ3n) is 2.42. The van der Waals surface area contributed by atoms with Gasteiger partial charge in [-0.2, -0.15) is 5.26 Å². The van der Waals surface area contributed by atoms with E-state index in [1.165, 1.54) is 6.20 Å². The molecule has 0 unspecified atom stereocenters. The molecule has 0 spiro atoms. The molecule has 0 saturated carbocycles. The molecular weight excluding hydrogens is 270 g/mol. The molecule has 1 heterocycles. The first kappa shape index (κ1) is 16.6. The Morgan fingerprint density at radius 2 is 2.19 bits per heavy atom. The first-order valence-electron chi connectivity index (χ1n) is 6.69. The van der Waals surface area contributed by atoms with Crippen LogP contribution in [0.4, 0.5) is 16.3 Å². The van der Waals surface area contributed by atoms with Gasteiger partial charge in [0.05, 0.1) is 11.3 Å². The van der Waals surface area contributed by atoms with Crippen LogP contribution in [0.2, 0.25) is 0 Å². The number of hydrogen-bond acceptors (Lipinski definition) is 6. The molecule has 0 radical (unpaired) electrons. The quantitative estimate of drug-likeness (QED) is 0.714. The number of amides is 1. The standard InChI is InChI=1S/C14H21N5O2/c1-14(2,3)21-13(20)19-7-4-6-17-12-11(16)10(9-15)5-8-18-12/h5,8H,4,6-7,16H2,1-3H3,(H,17,18)(H,19,20). The molecule has 0 aliphatic carbocycles. The first-order chi connectivity index (χ1) is 9.83. The number of alkyl carbamates (subject to hydrolysis) is 1.